The Kier molecular flexibility index (Phi) is 5.67. The van der Waals surface area contributed by atoms with E-state index in [4.69, 9.17) is 0 Å². The summed E-state index contributed by atoms with van der Waals surface area (Å²) in [6, 6.07) is 16.2. The molecule has 3 rings (SSSR count). The van der Waals surface area contributed by atoms with Gasteiger partial charge in [0.25, 0.3) is 0 Å². The molecule has 0 aliphatic carbocycles. The minimum absolute atomic E-state index is 0.307. The average Bonchev–Trinajstić information content (AvgIpc) is 2.66. The Morgan fingerprint density at radius 3 is 2.37 bits per heavy atom. The van der Waals surface area contributed by atoms with Crippen LogP contribution in [0.5, 0.6) is 0 Å². The summed E-state index contributed by atoms with van der Waals surface area (Å²) in [6.07, 6.45) is 1.78. The minimum Gasteiger partial charge on any atom is -0.351 e. The van der Waals surface area contributed by atoms with Crippen LogP contribution in [0.25, 0.3) is 11.1 Å². The number of hydrogen-bond acceptors (Lipinski definition) is 4. The number of piperidine rings is 1. The highest BCUT2D eigenvalue weighted by Gasteiger charge is 2.48. The number of rotatable bonds is 5. The molecule has 0 aromatic heterocycles. The van der Waals surface area contributed by atoms with Crippen LogP contribution in [0.15, 0.2) is 48.5 Å². The van der Waals surface area contributed by atoms with Gasteiger partial charge in [-0.15, -0.1) is 0 Å². The molecule has 2 aromatic carbocycles. The molecule has 1 heterocycles. The van der Waals surface area contributed by atoms with Gasteiger partial charge in [-0.1, -0.05) is 48.0 Å². The summed E-state index contributed by atoms with van der Waals surface area (Å²) in [5.74, 6) is -0.396. The first-order valence-electron chi connectivity index (χ1n) is 9.16. The molecule has 1 fully saturated rings. The van der Waals surface area contributed by atoms with Crippen molar-refractivity contribution in [1.29, 1.82) is 0 Å². The summed E-state index contributed by atoms with van der Waals surface area (Å²) in [6.45, 7) is 3.42. The number of hydrogen-bond donors (Lipinski definition) is 2. The molecular formula is C21H26N2O3S. The first-order chi connectivity index (χ1) is 12.8. The summed E-state index contributed by atoms with van der Waals surface area (Å²) >= 11 is 0. The second-order valence-electron chi connectivity index (χ2n) is 7.27. The van der Waals surface area contributed by atoms with Crippen molar-refractivity contribution in [2.45, 2.75) is 31.1 Å². The monoisotopic (exact) mass is 386 g/mol. The number of aryl methyl sites for hydroxylation is 1. The van der Waals surface area contributed by atoms with Gasteiger partial charge in [-0.05, 0) is 55.6 Å². The van der Waals surface area contributed by atoms with Crippen molar-refractivity contribution in [3.63, 3.8) is 0 Å². The van der Waals surface area contributed by atoms with Gasteiger partial charge >= 0.3 is 0 Å². The fraction of sp³-hybridized carbons (Fsp3) is 0.381. The standard InChI is InChI=1S/C21H26N2O3S/c1-16-6-8-18(9-7-16)19-5-3-4-17(14-19)15-23-20(24)21(27(2,25)26)10-12-22-13-11-21/h3-9,14,22H,10-13,15H2,1-2H3,(H,23,24). The SMILES string of the molecule is Cc1ccc(-c2cccc(CNC(=O)C3(S(C)(=O)=O)CCNCC3)c2)cc1. The van der Waals surface area contributed by atoms with E-state index in [0.717, 1.165) is 22.9 Å². The summed E-state index contributed by atoms with van der Waals surface area (Å²) in [5, 5.41) is 5.98. The summed E-state index contributed by atoms with van der Waals surface area (Å²) in [4.78, 5) is 12.8. The summed E-state index contributed by atoms with van der Waals surface area (Å²) in [7, 11) is -3.50. The molecule has 144 valence electrons. The fourth-order valence-corrected chi connectivity index (χ4v) is 4.90. The highest BCUT2D eigenvalue weighted by Crippen LogP contribution is 2.28. The van der Waals surface area contributed by atoms with E-state index in [1.165, 1.54) is 5.56 Å². The number of carbonyl (C=O) groups excluding carboxylic acids is 1. The average molecular weight is 387 g/mol. The number of carbonyl (C=O) groups is 1. The number of nitrogens with one attached hydrogen (secondary N) is 2. The molecule has 0 atom stereocenters. The third-order valence-corrected chi connectivity index (χ3v) is 7.31. The number of sulfone groups is 1. The third-order valence-electron chi connectivity index (χ3n) is 5.30. The van der Waals surface area contributed by atoms with Gasteiger partial charge < -0.3 is 10.6 Å². The van der Waals surface area contributed by atoms with Crippen molar-refractivity contribution in [2.24, 2.45) is 0 Å². The molecule has 0 radical (unpaired) electrons. The second kappa shape index (κ2) is 7.82. The topological polar surface area (TPSA) is 75.3 Å². The van der Waals surface area contributed by atoms with Crippen LogP contribution in [0, 0.1) is 6.92 Å². The van der Waals surface area contributed by atoms with Gasteiger partial charge in [0.15, 0.2) is 14.6 Å². The molecule has 0 bridgehead atoms. The van der Waals surface area contributed by atoms with Crippen LogP contribution in [0.1, 0.15) is 24.0 Å². The van der Waals surface area contributed by atoms with Crippen LogP contribution < -0.4 is 10.6 Å². The van der Waals surface area contributed by atoms with Gasteiger partial charge in [0.1, 0.15) is 0 Å². The highest BCUT2D eigenvalue weighted by atomic mass is 32.2. The maximum Gasteiger partial charge on any atom is 0.241 e. The van der Waals surface area contributed by atoms with E-state index in [1.807, 2.05) is 31.2 Å². The zero-order valence-electron chi connectivity index (χ0n) is 15.8. The molecule has 1 amide bonds. The van der Waals surface area contributed by atoms with Gasteiger partial charge in [-0.2, -0.15) is 0 Å². The third kappa shape index (κ3) is 4.22. The lowest BCUT2D eigenvalue weighted by Gasteiger charge is -2.34. The Labute approximate surface area is 161 Å². The van der Waals surface area contributed by atoms with Crippen LogP contribution in [-0.4, -0.2) is 38.4 Å². The Hall–Kier alpha value is -2.18. The van der Waals surface area contributed by atoms with Crippen molar-refractivity contribution in [2.75, 3.05) is 19.3 Å². The molecule has 0 spiro atoms. The van der Waals surface area contributed by atoms with Crippen molar-refractivity contribution < 1.29 is 13.2 Å². The van der Waals surface area contributed by atoms with E-state index in [0.29, 0.717) is 32.5 Å². The quantitative estimate of drug-likeness (QED) is 0.828. The lowest BCUT2D eigenvalue weighted by atomic mass is 9.95. The highest BCUT2D eigenvalue weighted by molar-refractivity contribution is 7.92. The van der Waals surface area contributed by atoms with E-state index >= 15 is 0 Å². The van der Waals surface area contributed by atoms with Crippen molar-refractivity contribution in [1.82, 2.24) is 10.6 Å². The maximum absolute atomic E-state index is 12.8. The molecular weight excluding hydrogens is 360 g/mol. The van der Waals surface area contributed by atoms with E-state index < -0.39 is 20.5 Å². The maximum atomic E-state index is 12.8. The molecule has 1 aliphatic heterocycles. The Morgan fingerprint density at radius 2 is 1.74 bits per heavy atom. The Bertz CT molecular complexity index is 915. The number of benzene rings is 2. The molecule has 1 saturated heterocycles. The van der Waals surface area contributed by atoms with Crippen LogP contribution >= 0.6 is 0 Å². The first kappa shape index (κ1) is 19.6. The summed E-state index contributed by atoms with van der Waals surface area (Å²) in [5.41, 5.74) is 4.33. The molecule has 2 N–H and O–H groups in total. The lowest BCUT2D eigenvalue weighted by Crippen LogP contribution is -2.57. The van der Waals surface area contributed by atoms with Crippen LogP contribution in [0.4, 0.5) is 0 Å². The Balaban J connectivity index is 1.75. The summed E-state index contributed by atoms with van der Waals surface area (Å²) < 4.78 is 23.4. The molecule has 1 aliphatic rings. The second-order valence-corrected chi connectivity index (χ2v) is 9.59. The van der Waals surface area contributed by atoms with Gasteiger partial charge in [-0.25, -0.2) is 8.42 Å². The normalized spacial score (nSPS) is 16.7. The van der Waals surface area contributed by atoms with Crippen LogP contribution in [-0.2, 0) is 21.2 Å². The van der Waals surface area contributed by atoms with Gasteiger partial charge in [0.2, 0.25) is 5.91 Å². The molecule has 5 nitrogen and oxygen atoms in total. The Morgan fingerprint density at radius 1 is 1.07 bits per heavy atom. The molecule has 0 unspecified atom stereocenters. The molecule has 0 saturated carbocycles. The zero-order valence-corrected chi connectivity index (χ0v) is 16.6. The van der Waals surface area contributed by atoms with Gasteiger partial charge in [0.05, 0.1) is 0 Å². The predicted molar refractivity (Wildman–Crippen MR) is 108 cm³/mol. The molecule has 27 heavy (non-hydrogen) atoms. The fourth-order valence-electron chi connectivity index (χ4n) is 3.55. The van der Waals surface area contributed by atoms with Gasteiger partial charge in [0, 0.05) is 12.8 Å². The lowest BCUT2D eigenvalue weighted by molar-refractivity contribution is -0.124. The first-order valence-corrected chi connectivity index (χ1v) is 11.1. The largest absolute Gasteiger partial charge is 0.351 e. The molecule has 2 aromatic rings. The van der Waals surface area contributed by atoms with E-state index in [-0.39, 0.29) is 0 Å². The van der Waals surface area contributed by atoms with Crippen molar-refractivity contribution in [3.05, 3.63) is 59.7 Å². The smallest absolute Gasteiger partial charge is 0.241 e. The predicted octanol–water partition coefficient (Wildman–Crippen LogP) is 2.45. The van der Waals surface area contributed by atoms with E-state index in [9.17, 15) is 13.2 Å². The van der Waals surface area contributed by atoms with E-state index in [1.54, 1.807) is 0 Å². The zero-order chi connectivity index (χ0) is 19.5. The molecule has 6 heteroatoms. The minimum atomic E-state index is -3.50. The van der Waals surface area contributed by atoms with Crippen LogP contribution in [0.2, 0.25) is 0 Å². The van der Waals surface area contributed by atoms with Crippen molar-refractivity contribution in [3.8, 4) is 11.1 Å². The van der Waals surface area contributed by atoms with Crippen LogP contribution in [0.3, 0.4) is 0 Å². The number of amides is 1. The van der Waals surface area contributed by atoms with E-state index in [2.05, 4.69) is 34.9 Å². The van der Waals surface area contributed by atoms with Gasteiger partial charge in [-0.3, -0.25) is 4.79 Å². The van der Waals surface area contributed by atoms with Crippen molar-refractivity contribution >= 4 is 15.7 Å².